The lowest BCUT2D eigenvalue weighted by Gasteiger charge is -2.05. The van der Waals surface area contributed by atoms with Crippen molar-refractivity contribution in [3.05, 3.63) is 24.4 Å². The van der Waals surface area contributed by atoms with E-state index >= 15 is 0 Å². The van der Waals surface area contributed by atoms with Crippen LogP contribution in [0.4, 0.5) is 5.69 Å². The van der Waals surface area contributed by atoms with Gasteiger partial charge < -0.3 is 10.7 Å². The molecular weight excluding hydrogens is 262 g/mol. The summed E-state index contributed by atoms with van der Waals surface area (Å²) in [5.74, 6) is 1.11. The van der Waals surface area contributed by atoms with Gasteiger partial charge in [-0.1, -0.05) is 6.92 Å². The maximum absolute atomic E-state index is 12.3. The number of sulfonamides is 1. The van der Waals surface area contributed by atoms with Gasteiger partial charge >= 0.3 is 0 Å². The first-order valence-corrected chi connectivity index (χ1v) is 7.82. The lowest BCUT2D eigenvalue weighted by Crippen LogP contribution is -2.26. The Hall–Kier alpha value is -1.53. The quantitative estimate of drug-likeness (QED) is 0.744. The molecule has 1 fully saturated rings. The summed E-state index contributed by atoms with van der Waals surface area (Å²) < 4.78 is 27.2. The fourth-order valence-electron chi connectivity index (χ4n) is 2.32. The van der Waals surface area contributed by atoms with Crippen LogP contribution in [0.15, 0.2) is 29.3 Å². The topological polar surface area (TPSA) is 88.0 Å². The first-order valence-electron chi connectivity index (χ1n) is 6.33. The van der Waals surface area contributed by atoms with Crippen molar-refractivity contribution in [2.75, 3.05) is 12.3 Å². The first-order chi connectivity index (χ1) is 8.97. The number of nitrogens with two attached hydrogens (primary N) is 1. The molecule has 1 aromatic carbocycles. The number of fused-ring (bicyclic) bond motifs is 1. The average molecular weight is 279 g/mol. The lowest BCUT2D eigenvalue weighted by molar-refractivity contribution is 0.575. The van der Waals surface area contributed by atoms with Crippen molar-refractivity contribution in [3.8, 4) is 0 Å². The predicted molar refractivity (Wildman–Crippen MR) is 75.2 cm³/mol. The minimum Gasteiger partial charge on any atom is -0.399 e. The smallest absolute Gasteiger partial charge is 0.242 e. The largest absolute Gasteiger partial charge is 0.399 e. The maximum atomic E-state index is 12.3. The fraction of sp³-hybridized carbons (Fsp3) is 0.385. The summed E-state index contributed by atoms with van der Waals surface area (Å²) >= 11 is 0. The molecule has 1 aliphatic carbocycles. The van der Waals surface area contributed by atoms with E-state index in [9.17, 15) is 8.42 Å². The highest BCUT2D eigenvalue weighted by Crippen LogP contribution is 2.37. The van der Waals surface area contributed by atoms with Gasteiger partial charge in [0, 0.05) is 29.3 Å². The van der Waals surface area contributed by atoms with Crippen LogP contribution in [0.25, 0.3) is 10.9 Å². The summed E-state index contributed by atoms with van der Waals surface area (Å²) in [6.07, 6.45) is 2.62. The monoisotopic (exact) mass is 279 g/mol. The Bertz CT molecular complexity index is 721. The molecule has 1 heterocycles. The summed E-state index contributed by atoms with van der Waals surface area (Å²) in [5.41, 5.74) is 7.02. The number of anilines is 1. The van der Waals surface area contributed by atoms with Gasteiger partial charge in [0.05, 0.1) is 0 Å². The van der Waals surface area contributed by atoms with Crippen molar-refractivity contribution >= 4 is 26.6 Å². The number of nitrogen functional groups attached to an aromatic ring is 1. The molecule has 3 rings (SSSR count). The lowest BCUT2D eigenvalue weighted by atomic mass is 10.2. The third-order valence-corrected chi connectivity index (χ3v) is 5.23. The molecule has 2 unspecified atom stereocenters. The molecule has 1 aliphatic rings. The molecule has 0 radical (unpaired) electrons. The van der Waals surface area contributed by atoms with E-state index in [4.69, 9.17) is 5.73 Å². The molecule has 0 aliphatic heterocycles. The molecule has 1 saturated carbocycles. The summed E-state index contributed by atoms with van der Waals surface area (Å²) in [5, 5.41) is 0.672. The van der Waals surface area contributed by atoms with Gasteiger partial charge in [0.2, 0.25) is 10.0 Å². The van der Waals surface area contributed by atoms with Gasteiger partial charge in [0.15, 0.2) is 0 Å². The zero-order valence-corrected chi connectivity index (χ0v) is 11.5. The molecule has 0 amide bonds. The Morgan fingerprint density at radius 3 is 2.89 bits per heavy atom. The Kier molecular flexibility index (Phi) is 2.79. The molecule has 0 saturated heterocycles. The molecule has 102 valence electrons. The fourth-order valence-corrected chi connectivity index (χ4v) is 3.59. The third-order valence-electron chi connectivity index (χ3n) is 3.77. The van der Waals surface area contributed by atoms with Crippen LogP contribution in [0.5, 0.6) is 0 Å². The summed E-state index contributed by atoms with van der Waals surface area (Å²) in [4.78, 5) is 3.24. The van der Waals surface area contributed by atoms with Crippen LogP contribution in [-0.2, 0) is 10.0 Å². The maximum Gasteiger partial charge on any atom is 0.242 e. The number of H-pyrrole nitrogens is 1. The minimum absolute atomic E-state index is 0.288. The molecule has 2 atom stereocenters. The van der Waals surface area contributed by atoms with Crippen LogP contribution in [0.3, 0.4) is 0 Å². The van der Waals surface area contributed by atoms with E-state index in [0.29, 0.717) is 29.5 Å². The van der Waals surface area contributed by atoms with Crippen LogP contribution in [-0.4, -0.2) is 19.9 Å². The van der Waals surface area contributed by atoms with E-state index in [-0.39, 0.29) is 4.90 Å². The highest BCUT2D eigenvalue weighted by Gasteiger charge is 2.33. The molecule has 19 heavy (non-hydrogen) atoms. The standard InChI is InChI=1S/C13H17N3O2S/c1-8-4-9(8)6-16-19(17,18)13-7-15-12-5-10(14)2-3-11(12)13/h2-3,5,7-9,15-16H,4,6,14H2,1H3. The second kappa shape index (κ2) is 4.25. The van der Waals surface area contributed by atoms with Gasteiger partial charge in [0.1, 0.15) is 4.90 Å². The van der Waals surface area contributed by atoms with Crippen molar-refractivity contribution < 1.29 is 8.42 Å². The van der Waals surface area contributed by atoms with E-state index in [2.05, 4.69) is 16.6 Å². The first kappa shape index (κ1) is 12.5. The molecule has 1 aromatic heterocycles. The number of hydrogen-bond donors (Lipinski definition) is 3. The third kappa shape index (κ3) is 2.33. The normalized spacial score (nSPS) is 22.8. The van der Waals surface area contributed by atoms with Gasteiger partial charge in [0.25, 0.3) is 0 Å². The Balaban J connectivity index is 1.90. The molecular formula is C13H17N3O2S. The highest BCUT2D eigenvalue weighted by molar-refractivity contribution is 7.89. The van der Waals surface area contributed by atoms with E-state index in [1.165, 1.54) is 6.20 Å². The summed E-state index contributed by atoms with van der Waals surface area (Å²) in [6.45, 7) is 2.65. The number of benzene rings is 1. The predicted octanol–water partition coefficient (Wildman–Crippen LogP) is 1.68. The number of aromatic amines is 1. The Labute approximate surface area is 112 Å². The van der Waals surface area contributed by atoms with Crippen molar-refractivity contribution in [1.82, 2.24) is 9.71 Å². The van der Waals surface area contributed by atoms with Gasteiger partial charge in [-0.2, -0.15) is 0 Å². The number of rotatable bonds is 4. The van der Waals surface area contributed by atoms with E-state index in [1.54, 1.807) is 18.2 Å². The minimum atomic E-state index is -3.46. The van der Waals surface area contributed by atoms with Gasteiger partial charge in [-0.05, 0) is 36.5 Å². The van der Waals surface area contributed by atoms with Gasteiger partial charge in [-0.25, -0.2) is 13.1 Å². The van der Waals surface area contributed by atoms with Gasteiger partial charge in [-0.3, -0.25) is 0 Å². The van der Waals surface area contributed by atoms with Crippen LogP contribution in [0.2, 0.25) is 0 Å². The molecule has 4 N–H and O–H groups in total. The van der Waals surface area contributed by atoms with Crippen LogP contribution < -0.4 is 10.5 Å². The van der Waals surface area contributed by atoms with Crippen molar-refractivity contribution in [1.29, 1.82) is 0 Å². The number of aromatic nitrogens is 1. The molecule has 0 bridgehead atoms. The molecule has 6 heteroatoms. The molecule has 5 nitrogen and oxygen atoms in total. The summed E-state index contributed by atoms with van der Waals surface area (Å²) in [6, 6.07) is 5.17. The van der Waals surface area contributed by atoms with Crippen LogP contribution in [0, 0.1) is 11.8 Å². The van der Waals surface area contributed by atoms with Gasteiger partial charge in [-0.15, -0.1) is 0 Å². The zero-order valence-electron chi connectivity index (χ0n) is 10.7. The zero-order chi connectivity index (χ0) is 13.6. The second-order valence-electron chi connectivity index (χ2n) is 5.28. The van der Waals surface area contributed by atoms with E-state index < -0.39 is 10.0 Å². The summed E-state index contributed by atoms with van der Waals surface area (Å²) in [7, 11) is -3.46. The SMILES string of the molecule is CC1CC1CNS(=O)(=O)c1c[nH]c2cc(N)ccc12. The van der Waals surface area contributed by atoms with Crippen molar-refractivity contribution in [3.63, 3.8) is 0 Å². The Morgan fingerprint density at radius 2 is 2.21 bits per heavy atom. The van der Waals surface area contributed by atoms with Crippen LogP contribution in [0.1, 0.15) is 13.3 Å². The second-order valence-corrected chi connectivity index (χ2v) is 7.02. The number of nitrogens with one attached hydrogen (secondary N) is 2. The average Bonchev–Trinajstić information content (AvgIpc) is 2.88. The Morgan fingerprint density at radius 1 is 1.47 bits per heavy atom. The number of hydrogen-bond acceptors (Lipinski definition) is 3. The van der Waals surface area contributed by atoms with Crippen molar-refractivity contribution in [2.24, 2.45) is 11.8 Å². The van der Waals surface area contributed by atoms with Crippen LogP contribution >= 0.6 is 0 Å². The molecule has 2 aromatic rings. The highest BCUT2D eigenvalue weighted by atomic mass is 32.2. The van der Waals surface area contributed by atoms with E-state index in [0.717, 1.165) is 11.9 Å². The van der Waals surface area contributed by atoms with Crippen molar-refractivity contribution in [2.45, 2.75) is 18.2 Å². The van der Waals surface area contributed by atoms with E-state index in [1.807, 2.05) is 0 Å². The molecule has 0 spiro atoms.